The second-order valence-corrected chi connectivity index (χ2v) is 4.72. The average Bonchev–Trinajstić information content (AvgIpc) is 2.29. The SMILES string of the molecule is CNC(Cc1cccnc1N)C1(OC)CCC1. The fourth-order valence-electron chi connectivity index (χ4n) is 2.61. The fourth-order valence-corrected chi connectivity index (χ4v) is 2.61. The Hall–Kier alpha value is -1.13. The summed E-state index contributed by atoms with van der Waals surface area (Å²) in [6, 6.07) is 4.26. The molecule has 1 aliphatic rings. The number of nitrogens with two attached hydrogens (primary N) is 1. The van der Waals surface area contributed by atoms with E-state index in [0.717, 1.165) is 24.8 Å². The van der Waals surface area contributed by atoms with Crippen molar-refractivity contribution in [2.75, 3.05) is 19.9 Å². The number of hydrogen-bond donors (Lipinski definition) is 2. The number of methoxy groups -OCH3 is 1. The largest absolute Gasteiger partial charge is 0.383 e. The predicted molar refractivity (Wildman–Crippen MR) is 68.8 cm³/mol. The molecule has 0 saturated heterocycles. The minimum Gasteiger partial charge on any atom is -0.383 e. The Morgan fingerprint density at radius 3 is 2.82 bits per heavy atom. The molecule has 4 nitrogen and oxygen atoms in total. The molecule has 94 valence electrons. The van der Waals surface area contributed by atoms with Gasteiger partial charge in [-0.15, -0.1) is 0 Å². The molecule has 1 fully saturated rings. The van der Waals surface area contributed by atoms with Crippen LogP contribution in [0.25, 0.3) is 0 Å². The summed E-state index contributed by atoms with van der Waals surface area (Å²) in [5.41, 5.74) is 6.96. The molecule has 1 saturated carbocycles. The van der Waals surface area contributed by atoms with E-state index in [1.165, 1.54) is 6.42 Å². The van der Waals surface area contributed by atoms with Crippen molar-refractivity contribution >= 4 is 5.82 Å². The number of nitrogen functional groups attached to an aromatic ring is 1. The van der Waals surface area contributed by atoms with Crippen molar-refractivity contribution in [1.82, 2.24) is 10.3 Å². The lowest BCUT2D eigenvalue weighted by Crippen LogP contribution is -2.56. The van der Waals surface area contributed by atoms with E-state index in [0.29, 0.717) is 11.9 Å². The fraction of sp³-hybridized carbons (Fsp3) is 0.615. The molecule has 0 radical (unpaired) electrons. The van der Waals surface area contributed by atoms with E-state index in [1.54, 1.807) is 13.3 Å². The molecule has 1 heterocycles. The van der Waals surface area contributed by atoms with Gasteiger partial charge in [-0.1, -0.05) is 6.07 Å². The summed E-state index contributed by atoms with van der Waals surface area (Å²) >= 11 is 0. The number of likely N-dealkylation sites (N-methyl/N-ethyl adjacent to an activating group) is 1. The zero-order valence-corrected chi connectivity index (χ0v) is 10.6. The number of aromatic nitrogens is 1. The van der Waals surface area contributed by atoms with Crippen LogP contribution in [0.4, 0.5) is 5.82 Å². The standard InChI is InChI=1S/C13H21N3O/c1-15-11(13(17-2)6-4-7-13)9-10-5-3-8-16-12(10)14/h3,5,8,11,15H,4,6-7,9H2,1-2H3,(H2,14,16). The normalized spacial score (nSPS) is 19.6. The quantitative estimate of drug-likeness (QED) is 0.809. The van der Waals surface area contributed by atoms with Gasteiger partial charge in [-0.2, -0.15) is 0 Å². The van der Waals surface area contributed by atoms with Crippen LogP contribution in [-0.2, 0) is 11.2 Å². The molecule has 0 aliphatic heterocycles. The van der Waals surface area contributed by atoms with E-state index in [2.05, 4.69) is 10.3 Å². The summed E-state index contributed by atoms with van der Waals surface area (Å²) in [6.45, 7) is 0. The first kappa shape index (κ1) is 12.3. The van der Waals surface area contributed by atoms with Crippen molar-refractivity contribution in [2.45, 2.75) is 37.3 Å². The third kappa shape index (κ3) is 2.28. The van der Waals surface area contributed by atoms with E-state index < -0.39 is 0 Å². The van der Waals surface area contributed by atoms with E-state index in [4.69, 9.17) is 10.5 Å². The Morgan fingerprint density at radius 1 is 1.59 bits per heavy atom. The Kier molecular flexibility index (Phi) is 3.64. The van der Waals surface area contributed by atoms with Crippen LogP contribution in [0.3, 0.4) is 0 Å². The molecule has 0 aromatic carbocycles. The molecule has 1 atom stereocenters. The van der Waals surface area contributed by atoms with Crippen LogP contribution in [0.5, 0.6) is 0 Å². The predicted octanol–water partition coefficient (Wildman–Crippen LogP) is 1.36. The average molecular weight is 235 g/mol. The lowest BCUT2D eigenvalue weighted by molar-refractivity contribution is -0.0966. The van der Waals surface area contributed by atoms with E-state index in [9.17, 15) is 0 Å². The molecule has 0 bridgehead atoms. The van der Waals surface area contributed by atoms with Gasteiger partial charge in [-0.05, 0) is 44.4 Å². The number of nitrogens with one attached hydrogen (secondary N) is 1. The highest BCUT2D eigenvalue weighted by Crippen LogP contribution is 2.39. The molecule has 3 N–H and O–H groups in total. The van der Waals surface area contributed by atoms with Gasteiger partial charge in [0, 0.05) is 19.3 Å². The van der Waals surface area contributed by atoms with Gasteiger partial charge in [0.1, 0.15) is 5.82 Å². The van der Waals surface area contributed by atoms with Crippen molar-refractivity contribution in [3.63, 3.8) is 0 Å². The highest BCUT2D eigenvalue weighted by Gasteiger charge is 2.43. The maximum atomic E-state index is 5.89. The molecule has 0 amide bonds. The van der Waals surface area contributed by atoms with Crippen LogP contribution >= 0.6 is 0 Å². The number of nitrogens with zero attached hydrogens (tertiary/aromatic N) is 1. The first-order valence-corrected chi connectivity index (χ1v) is 6.13. The lowest BCUT2D eigenvalue weighted by Gasteiger charge is -2.46. The number of ether oxygens (including phenoxy) is 1. The summed E-state index contributed by atoms with van der Waals surface area (Å²) in [6.07, 6.45) is 6.07. The summed E-state index contributed by atoms with van der Waals surface area (Å²) < 4.78 is 5.72. The molecular weight excluding hydrogens is 214 g/mol. The van der Waals surface area contributed by atoms with Gasteiger partial charge >= 0.3 is 0 Å². The molecule has 1 unspecified atom stereocenters. The number of rotatable bonds is 5. The van der Waals surface area contributed by atoms with Crippen molar-refractivity contribution < 1.29 is 4.74 Å². The third-order valence-electron chi connectivity index (χ3n) is 3.94. The molecule has 0 spiro atoms. The van der Waals surface area contributed by atoms with E-state index >= 15 is 0 Å². The first-order chi connectivity index (χ1) is 8.22. The summed E-state index contributed by atoms with van der Waals surface area (Å²) in [4.78, 5) is 4.13. The van der Waals surface area contributed by atoms with Gasteiger partial charge in [0.2, 0.25) is 0 Å². The van der Waals surface area contributed by atoms with Crippen LogP contribution in [0, 0.1) is 0 Å². The Morgan fingerprint density at radius 2 is 2.35 bits per heavy atom. The second-order valence-electron chi connectivity index (χ2n) is 4.72. The van der Waals surface area contributed by atoms with Crippen molar-refractivity contribution in [3.8, 4) is 0 Å². The summed E-state index contributed by atoms with van der Waals surface area (Å²) in [5.74, 6) is 0.623. The minimum atomic E-state index is -0.0168. The van der Waals surface area contributed by atoms with Crippen LogP contribution in [0.15, 0.2) is 18.3 Å². The zero-order chi connectivity index (χ0) is 12.3. The Labute approximate surface area is 103 Å². The maximum absolute atomic E-state index is 5.89. The highest BCUT2D eigenvalue weighted by atomic mass is 16.5. The molecule has 1 aliphatic carbocycles. The Balaban J connectivity index is 2.13. The van der Waals surface area contributed by atoms with Gasteiger partial charge in [-0.25, -0.2) is 4.98 Å². The number of hydrogen-bond acceptors (Lipinski definition) is 4. The third-order valence-corrected chi connectivity index (χ3v) is 3.94. The summed E-state index contributed by atoms with van der Waals surface area (Å²) in [7, 11) is 3.78. The van der Waals surface area contributed by atoms with Gasteiger partial charge in [0.05, 0.1) is 5.60 Å². The molecule has 2 rings (SSSR count). The molecule has 1 aromatic rings. The zero-order valence-electron chi connectivity index (χ0n) is 10.6. The lowest BCUT2D eigenvalue weighted by atomic mass is 9.72. The van der Waals surface area contributed by atoms with Crippen molar-refractivity contribution in [1.29, 1.82) is 0 Å². The molecule has 1 aromatic heterocycles. The number of anilines is 1. The Bertz CT molecular complexity index is 371. The maximum Gasteiger partial charge on any atom is 0.126 e. The summed E-state index contributed by atoms with van der Waals surface area (Å²) in [5, 5.41) is 3.36. The second kappa shape index (κ2) is 5.02. The topological polar surface area (TPSA) is 60.2 Å². The van der Waals surface area contributed by atoms with Gasteiger partial charge in [-0.3, -0.25) is 0 Å². The van der Waals surface area contributed by atoms with Crippen LogP contribution in [0.2, 0.25) is 0 Å². The van der Waals surface area contributed by atoms with Gasteiger partial charge < -0.3 is 15.8 Å². The molecular formula is C13H21N3O. The first-order valence-electron chi connectivity index (χ1n) is 6.13. The van der Waals surface area contributed by atoms with E-state index in [-0.39, 0.29) is 5.60 Å². The van der Waals surface area contributed by atoms with Crippen LogP contribution < -0.4 is 11.1 Å². The minimum absolute atomic E-state index is 0.0168. The monoisotopic (exact) mass is 235 g/mol. The van der Waals surface area contributed by atoms with Crippen molar-refractivity contribution in [3.05, 3.63) is 23.9 Å². The number of pyridine rings is 1. The van der Waals surface area contributed by atoms with Crippen LogP contribution in [-0.4, -0.2) is 30.8 Å². The molecule has 4 heteroatoms. The highest BCUT2D eigenvalue weighted by molar-refractivity contribution is 5.39. The van der Waals surface area contributed by atoms with Gasteiger partial charge in [0.15, 0.2) is 0 Å². The van der Waals surface area contributed by atoms with Gasteiger partial charge in [0.25, 0.3) is 0 Å². The van der Waals surface area contributed by atoms with E-state index in [1.807, 2.05) is 19.2 Å². The van der Waals surface area contributed by atoms with Crippen molar-refractivity contribution in [2.24, 2.45) is 0 Å². The molecule has 17 heavy (non-hydrogen) atoms. The van der Waals surface area contributed by atoms with Crippen LogP contribution in [0.1, 0.15) is 24.8 Å². The smallest absolute Gasteiger partial charge is 0.126 e.